The summed E-state index contributed by atoms with van der Waals surface area (Å²) in [7, 11) is 0. The first kappa shape index (κ1) is 16.7. The molecule has 2 amide bonds. The number of fused-ring (bicyclic) bond motifs is 1. The first-order valence-corrected chi connectivity index (χ1v) is 8.63. The van der Waals surface area contributed by atoms with Crippen LogP contribution >= 0.6 is 0 Å². The molecule has 6 heteroatoms. The molecule has 0 bridgehead atoms. The second kappa shape index (κ2) is 5.76. The highest BCUT2D eigenvalue weighted by Gasteiger charge is 2.47. The number of hydrogen-bond acceptors (Lipinski definition) is 4. The van der Waals surface area contributed by atoms with Crippen molar-refractivity contribution in [1.82, 2.24) is 15.2 Å². The van der Waals surface area contributed by atoms with Crippen molar-refractivity contribution < 1.29 is 9.59 Å². The molecule has 0 unspecified atom stereocenters. The smallest absolute Gasteiger partial charge is 0.256 e. The van der Waals surface area contributed by atoms with Gasteiger partial charge >= 0.3 is 0 Å². The zero-order chi connectivity index (χ0) is 17.5. The fourth-order valence-corrected chi connectivity index (χ4v) is 3.74. The van der Waals surface area contributed by atoms with Crippen LogP contribution in [-0.2, 0) is 4.79 Å². The molecule has 3 rings (SSSR count). The van der Waals surface area contributed by atoms with Crippen LogP contribution in [0.5, 0.6) is 0 Å². The first-order valence-electron chi connectivity index (χ1n) is 8.63. The van der Waals surface area contributed by atoms with E-state index in [2.05, 4.69) is 22.1 Å². The number of rotatable bonds is 1. The van der Waals surface area contributed by atoms with Gasteiger partial charge in [0, 0.05) is 44.1 Å². The highest BCUT2D eigenvalue weighted by atomic mass is 16.2. The molecule has 0 atom stereocenters. The third kappa shape index (κ3) is 2.64. The van der Waals surface area contributed by atoms with Gasteiger partial charge in [0.25, 0.3) is 5.91 Å². The number of carbonyl (C=O) groups excluding carboxylic acids is 2. The number of likely N-dealkylation sites (tertiary alicyclic amines) is 1. The van der Waals surface area contributed by atoms with E-state index in [0.29, 0.717) is 31.5 Å². The van der Waals surface area contributed by atoms with Gasteiger partial charge in [0.05, 0.1) is 5.56 Å². The Labute approximate surface area is 143 Å². The van der Waals surface area contributed by atoms with E-state index in [0.717, 1.165) is 12.4 Å². The summed E-state index contributed by atoms with van der Waals surface area (Å²) in [6.45, 7) is 9.97. The molecule has 0 aliphatic carbocycles. The van der Waals surface area contributed by atoms with Gasteiger partial charge in [0.2, 0.25) is 5.91 Å². The second-order valence-corrected chi connectivity index (χ2v) is 7.65. The zero-order valence-corrected chi connectivity index (χ0v) is 14.9. The molecule has 130 valence electrons. The molecule has 1 saturated heterocycles. The van der Waals surface area contributed by atoms with Gasteiger partial charge in [-0.3, -0.25) is 9.59 Å². The summed E-state index contributed by atoms with van der Waals surface area (Å²) in [5.74, 6) is 0.846. The molecule has 6 nitrogen and oxygen atoms in total. The number of pyridine rings is 1. The Balaban J connectivity index is 1.85. The van der Waals surface area contributed by atoms with Crippen molar-refractivity contribution in [1.29, 1.82) is 0 Å². The largest absolute Gasteiger partial charge is 0.342 e. The van der Waals surface area contributed by atoms with Gasteiger partial charge in [-0.05, 0) is 19.1 Å². The molecule has 3 heterocycles. The number of piperidine rings is 1. The van der Waals surface area contributed by atoms with Crippen LogP contribution in [0.3, 0.4) is 0 Å². The predicted octanol–water partition coefficient (Wildman–Crippen LogP) is 2.02. The summed E-state index contributed by atoms with van der Waals surface area (Å²) < 4.78 is 0. The fourth-order valence-electron chi connectivity index (χ4n) is 3.74. The van der Waals surface area contributed by atoms with E-state index in [1.807, 2.05) is 31.7 Å². The molecule has 1 aromatic heterocycles. The van der Waals surface area contributed by atoms with Crippen LogP contribution in [0.1, 0.15) is 50.9 Å². The highest BCUT2D eigenvalue weighted by Crippen LogP contribution is 2.36. The van der Waals surface area contributed by atoms with Crippen molar-refractivity contribution in [3.8, 4) is 0 Å². The molecular weight excluding hydrogens is 304 g/mol. The van der Waals surface area contributed by atoms with Gasteiger partial charge < -0.3 is 15.1 Å². The lowest BCUT2D eigenvalue weighted by Crippen LogP contribution is -2.68. The number of nitrogens with zero attached hydrogens (tertiary/aromatic N) is 3. The van der Waals surface area contributed by atoms with E-state index < -0.39 is 5.66 Å². The fraction of sp³-hybridized carbons (Fsp3) is 0.611. The van der Waals surface area contributed by atoms with E-state index in [1.54, 1.807) is 12.3 Å². The Kier molecular flexibility index (Phi) is 4.01. The molecule has 0 aromatic carbocycles. The van der Waals surface area contributed by atoms with E-state index in [1.165, 1.54) is 0 Å². The summed E-state index contributed by atoms with van der Waals surface area (Å²) in [5, 5.41) is 3.20. The molecule has 24 heavy (non-hydrogen) atoms. The molecule has 2 aliphatic heterocycles. The van der Waals surface area contributed by atoms with Crippen LogP contribution in [0.2, 0.25) is 0 Å². The maximum atomic E-state index is 12.5. The van der Waals surface area contributed by atoms with Crippen molar-refractivity contribution in [2.45, 2.75) is 46.2 Å². The molecule has 1 spiro atoms. The Morgan fingerprint density at radius 3 is 2.58 bits per heavy atom. The van der Waals surface area contributed by atoms with E-state index in [9.17, 15) is 9.59 Å². The van der Waals surface area contributed by atoms with Gasteiger partial charge in [0.1, 0.15) is 11.5 Å². The average Bonchev–Trinajstić information content (AvgIpc) is 2.54. The van der Waals surface area contributed by atoms with Crippen LogP contribution in [0.15, 0.2) is 18.3 Å². The molecule has 1 fully saturated rings. The number of carbonyl (C=O) groups is 2. The molecule has 1 aromatic rings. The lowest BCUT2D eigenvalue weighted by Gasteiger charge is -2.52. The van der Waals surface area contributed by atoms with Gasteiger partial charge in [0.15, 0.2) is 0 Å². The zero-order valence-electron chi connectivity index (χ0n) is 14.9. The number of hydrogen-bond donors (Lipinski definition) is 1. The average molecular weight is 330 g/mol. The number of amides is 2. The van der Waals surface area contributed by atoms with E-state index in [4.69, 9.17) is 0 Å². The molecular formula is C18H26N4O2. The molecule has 0 saturated carbocycles. The quantitative estimate of drug-likeness (QED) is 0.855. The third-order valence-corrected chi connectivity index (χ3v) is 4.99. The van der Waals surface area contributed by atoms with Crippen molar-refractivity contribution in [3.63, 3.8) is 0 Å². The minimum Gasteiger partial charge on any atom is -0.342 e. The normalized spacial score (nSPS) is 19.9. The Hall–Kier alpha value is -2.11. The van der Waals surface area contributed by atoms with Crippen LogP contribution < -0.4 is 10.2 Å². The maximum Gasteiger partial charge on any atom is 0.256 e. The highest BCUT2D eigenvalue weighted by molar-refractivity contribution is 6.01. The van der Waals surface area contributed by atoms with Gasteiger partial charge in [-0.15, -0.1) is 0 Å². The minimum absolute atomic E-state index is 0.0709. The van der Waals surface area contributed by atoms with Crippen LogP contribution in [0, 0.1) is 5.41 Å². The van der Waals surface area contributed by atoms with Crippen LogP contribution in [0.25, 0.3) is 0 Å². The lowest BCUT2D eigenvalue weighted by atomic mass is 9.88. The Morgan fingerprint density at radius 2 is 2.00 bits per heavy atom. The second-order valence-electron chi connectivity index (χ2n) is 7.65. The Bertz CT molecular complexity index is 657. The summed E-state index contributed by atoms with van der Waals surface area (Å²) in [6.07, 6.45) is 3.15. The predicted molar refractivity (Wildman–Crippen MR) is 92.7 cm³/mol. The number of aromatic nitrogens is 1. The number of anilines is 1. The lowest BCUT2D eigenvalue weighted by molar-refractivity contribution is -0.141. The summed E-state index contributed by atoms with van der Waals surface area (Å²) in [4.78, 5) is 33.6. The van der Waals surface area contributed by atoms with Crippen LogP contribution in [-0.4, -0.2) is 47.0 Å². The van der Waals surface area contributed by atoms with E-state index >= 15 is 0 Å². The molecule has 1 N–H and O–H groups in total. The van der Waals surface area contributed by atoms with Crippen molar-refractivity contribution in [3.05, 3.63) is 23.9 Å². The molecule has 0 radical (unpaired) electrons. The Morgan fingerprint density at radius 1 is 1.33 bits per heavy atom. The summed E-state index contributed by atoms with van der Waals surface area (Å²) in [5.41, 5.74) is -0.195. The van der Waals surface area contributed by atoms with Gasteiger partial charge in [-0.1, -0.05) is 20.8 Å². The van der Waals surface area contributed by atoms with Gasteiger partial charge in [-0.2, -0.15) is 0 Å². The van der Waals surface area contributed by atoms with Crippen molar-refractivity contribution in [2.24, 2.45) is 5.41 Å². The van der Waals surface area contributed by atoms with Crippen molar-refractivity contribution >= 4 is 17.6 Å². The summed E-state index contributed by atoms with van der Waals surface area (Å²) >= 11 is 0. The van der Waals surface area contributed by atoms with Crippen molar-refractivity contribution in [2.75, 3.05) is 24.5 Å². The first-order chi connectivity index (χ1) is 11.3. The maximum absolute atomic E-state index is 12.5. The monoisotopic (exact) mass is 330 g/mol. The van der Waals surface area contributed by atoms with E-state index in [-0.39, 0.29) is 17.2 Å². The summed E-state index contributed by atoms with van der Waals surface area (Å²) in [6, 6.07) is 3.60. The third-order valence-electron chi connectivity index (χ3n) is 4.99. The minimum atomic E-state index is -0.443. The van der Waals surface area contributed by atoms with Gasteiger partial charge in [-0.25, -0.2) is 4.98 Å². The SMILES string of the molecule is CCN1c2ncccc2C(=O)NC12CCN(C(=O)C(C)(C)C)CC2. The molecule has 2 aliphatic rings. The number of nitrogens with one attached hydrogen (secondary N) is 1. The topological polar surface area (TPSA) is 65.5 Å². The standard InChI is InChI=1S/C18H26N4O2/c1-5-22-14-13(7-6-10-19-14)15(23)20-18(22)8-11-21(12-9-18)16(24)17(2,3)4/h6-7,10H,5,8-9,11-12H2,1-4H3,(H,20,23). The van der Waals surface area contributed by atoms with Crippen LogP contribution in [0.4, 0.5) is 5.82 Å².